The first-order valence-corrected chi connectivity index (χ1v) is 5.51. The Kier molecular flexibility index (Phi) is 4.79. The maximum atomic E-state index is 11.0. The van der Waals surface area contributed by atoms with Crippen LogP contribution in [-0.2, 0) is 16.0 Å². The van der Waals surface area contributed by atoms with E-state index in [1.54, 1.807) is 19.9 Å². The predicted molar refractivity (Wildman–Crippen MR) is 64.4 cm³/mol. The summed E-state index contributed by atoms with van der Waals surface area (Å²) in [4.78, 5) is 21.1. The van der Waals surface area contributed by atoms with Crippen LogP contribution in [0.1, 0.15) is 19.4 Å². The van der Waals surface area contributed by atoms with Crippen LogP contribution < -0.4 is 0 Å². The average molecular weight is 253 g/mol. The molecule has 0 spiro atoms. The van der Waals surface area contributed by atoms with E-state index in [2.05, 4.69) is 0 Å². The van der Waals surface area contributed by atoms with Crippen molar-refractivity contribution in [2.45, 2.75) is 32.5 Å². The zero-order chi connectivity index (χ0) is 13.7. The molecule has 1 N–H and O–H groups in total. The van der Waals surface area contributed by atoms with Crippen LogP contribution >= 0.6 is 0 Å². The van der Waals surface area contributed by atoms with E-state index in [0.29, 0.717) is 5.56 Å². The van der Waals surface area contributed by atoms with Gasteiger partial charge in [0.2, 0.25) is 0 Å². The smallest absolute Gasteiger partial charge is 0.333 e. The van der Waals surface area contributed by atoms with Crippen LogP contribution in [0.2, 0.25) is 0 Å². The van der Waals surface area contributed by atoms with Crippen LogP contribution in [0.3, 0.4) is 0 Å². The maximum absolute atomic E-state index is 11.0. The van der Waals surface area contributed by atoms with Crippen molar-refractivity contribution in [1.29, 1.82) is 0 Å². The number of nitro benzene ring substituents is 1. The number of nitrogens with zero attached hydrogens (tertiary/aromatic N) is 1. The first kappa shape index (κ1) is 14.1. The summed E-state index contributed by atoms with van der Waals surface area (Å²) in [5.74, 6) is -1.07. The molecular formula is C12H15NO5. The molecule has 1 atom stereocenters. The van der Waals surface area contributed by atoms with Gasteiger partial charge in [0.15, 0.2) is 6.10 Å². The standard InChI is InChI=1S/C12H15NO5/c1-8(2)18-11(12(14)15)7-9-4-3-5-10(6-9)13(16)17/h3-6,8,11H,7H2,1-2H3,(H,14,15)/t11-/m0/s1. The fourth-order valence-corrected chi connectivity index (χ4v) is 1.53. The van der Waals surface area contributed by atoms with Crippen molar-refractivity contribution < 1.29 is 19.6 Å². The molecule has 6 nitrogen and oxygen atoms in total. The van der Waals surface area contributed by atoms with Gasteiger partial charge >= 0.3 is 5.97 Å². The lowest BCUT2D eigenvalue weighted by Crippen LogP contribution is -2.29. The highest BCUT2D eigenvalue weighted by atomic mass is 16.6. The van der Waals surface area contributed by atoms with Crippen LogP contribution in [0.4, 0.5) is 5.69 Å². The summed E-state index contributed by atoms with van der Waals surface area (Å²) in [7, 11) is 0. The zero-order valence-electron chi connectivity index (χ0n) is 10.2. The summed E-state index contributed by atoms with van der Waals surface area (Å²) >= 11 is 0. The van der Waals surface area contributed by atoms with Crippen molar-refractivity contribution >= 4 is 11.7 Å². The molecule has 0 radical (unpaired) electrons. The van der Waals surface area contributed by atoms with Gasteiger partial charge in [0.1, 0.15) is 0 Å². The van der Waals surface area contributed by atoms with Crippen molar-refractivity contribution in [3.05, 3.63) is 39.9 Å². The Balaban J connectivity index is 2.83. The predicted octanol–water partition coefficient (Wildman–Crippen LogP) is 2.02. The molecule has 0 amide bonds. The molecule has 0 bridgehead atoms. The zero-order valence-corrected chi connectivity index (χ0v) is 10.2. The molecule has 0 fully saturated rings. The molecule has 1 aromatic rings. The fourth-order valence-electron chi connectivity index (χ4n) is 1.53. The van der Waals surface area contributed by atoms with E-state index in [9.17, 15) is 14.9 Å². The highest BCUT2D eigenvalue weighted by Gasteiger charge is 2.20. The number of hydrogen-bond acceptors (Lipinski definition) is 4. The topological polar surface area (TPSA) is 89.7 Å². The summed E-state index contributed by atoms with van der Waals surface area (Å²) in [5.41, 5.74) is 0.512. The molecule has 1 rings (SSSR count). The van der Waals surface area contributed by atoms with Gasteiger partial charge in [0.25, 0.3) is 5.69 Å². The number of non-ortho nitro benzene ring substituents is 1. The minimum absolute atomic E-state index is 0.0545. The quantitative estimate of drug-likeness (QED) is 0.618. The van der Waals surface area contributed by atoms with Crippen LogP contribution in [0.25, 0.3) is 0 Å². The first-order chi connectivity index (χ1) is 8.40. The molecule has 0 aromatic heterocycles. The van der Waals surface area contributed by atoms with Crippen molar-refractivity contribution in [3.8, 4) is 0 Å². The van der Waals surface area contributed by atoms with Crippen molar-refractivity contribution in [1.82, 2.24) is 0 Å². The molecule has 0 aliphatic heterocycles. The molecule has 0 aliphatic carbocycles. The minimum Gasteiger partial charge on any atom is -0.479 e. The van der Waals surface area contributed by atoms with Gasteiger partial charge in [-0.05, 0) is 19.4 Å². The average Bonchev–Trinajstić information content (AvgIpc) is 2.27. The monoisotopic (exact) mass is 253 g/mol. The van der Waals surface area contributed by atoms with Gasteiger partial charge < -0.3 is 9.84 Å². The highest BCUT2D eigenvalue weighted by molar-refractivity contribution is 5.72. The van der Waals surface area contributed by atoms with E-state index in [1.165, 1.54) is 18.2 Å². The highest BCUT2D eigenvalue weighted by Crippen LogP contribution is 2.16. The molecule has 98 valence electrons. The van der Waals surface area contributed by atoms with Crippen molar-refractivity contribution in [3.63, 3.8) is 0 Å². The van der Waals surface area contributed by atoms with E-state index >= 15 is 0 Å². The number of rotatable bonds is 6. The number of carbonyl (C=O) groups is 1. The first-order valence-electron chi connectivity index (χ1n) is 5.51. The number of carboxylic acid groups (broad SMARTS) is 1. The van der Waals surface area contributed by atoms with Gasteiger partial charge in [0.05, 0.1) is 11.0 Å². The largest absolute Gasteiger partial charge is 0.479 e. The number of nitro groups is 1. The number of carboxylic acids is 1. The SMILES string of the molecule is CC(C)O[C@@H](Cc1cccc([N+](=O)[O-])c1)C(=O)O. The molecule has 0 saturated heterocycles. The van der Waals surface area contributed by atoms with Crippen LogP contribution in [0.5, 0.6) is 0 Å². The second-order valence-corrected chi connectivity index (χ2v) is 4.14. The Morgan fingerprint density at radius 2 is 2.17 bits per heavy atom. The number of benzene rings is 1. The van der Waals surface area contributed by atoms with E-state index in [0.717, 1.165) is 0 Å². The van der Waals surface area contributed by atoms with Crippen LogP contribution in [0, 0.1) is 10.1 Å². The molecule has 1 aromatic carbocycles. The number of ether oxygens (including phenoxy) is 1. The molecule has 18 heavy (non-hydrogen) atoms. The van der Waals surface area contributed by atoms with Gasteiger partial charge in [-0.3, -0.25) is 10.1 Å². The Morgan fingerprint density at radius 3 is 2.67 bits per heavy atom. The lowest BCUT2D eigenvalue weighted by Gasteiger charge is -2.16. The summed E-state index contributed by atoms with van der Waals surface area (Å²) in [5, 5.41) is 19.6. The number of hydrogen-bond donors (Lipinski definition) is 1. The van der Waals surface area contributed by atoms with Crippen molar-refractivity contribution in [2.75, 3.05) is 0 Å². The van der Waals surface area contributed by atoms with Crippen LogP contribution in [0.15, 0.2) is 24.3 Å². The second-order valence-electron chi connectivity index (χ2n) is 4.14. The van der Waals surface area contributed by atoms with Gasteiger partial charge in [-0.1, -0.05) is 12.1 Å². The van der Waals surface area contributed by atoms with Crippen molar-refractivity contribution in [2.24, 2.45) is 0 Å². The molecule has 0 saturated carbocycles. The molecular weight excluding hydrogens is 238 g/mol. The van der Waals surface area contributed by atoms with E-state index in [1.807, 2.05) is 0 Å². The van der Waals surface area contributed by atoms with Gasteiger partial charge in [-0.2, -0.15) is 0 Å². The Morgan fingerprint density at radius 1 is 1.50 bits per heavy atom. The summed E-state index contributed by atoms with van der Waals surface area (Å²) in [6, 6.07) is 5.90. The second kappa shape index (κ2) is 6.11. The molecule has 0 heterocycles. The van der Waals surface area contributed by atoms with Crippen LogP contribution in [-0.4, -0.2) is 28.2 Å². The minimum atomic E-state index is -1.07. The van der Waals surface area contributed by atoms with Gasteiger partial charge in [0, 0.05) is 18.6 Å². The number of aliphatic carboxylic acids is 1. The molecule has 0 aliphatic rings. The summed E-state index contributed by atoms with van der Waals surface area (Å²) < 4.78 is 5.25. The van der Waals surface area contributed by atoms with Gasteiger partial charge in [-0.15, -0.1) is 0 Å². The third-order valence-corrected chi connectivity index (χ3v) is 2.25. The Labute approximate surface area is 104 Å². The molecule has 6 heteroatoms. The Hall–Kier alpha value is -1.95. The van der Waals surface area contributed by atoms with Gasteiger partial charge in [-0.25, -0.2) is 4.79 Å². The maximum Gasteiger partial charge on any atom is 0.333 e. The summed E-state index contributed by atoms with van der Waals surface area (Å²) in [6.07, 6.45) is -1.10. The third-order valence-electron chi connectivity index (χ3n) is 2.25. The van der Waals surface area contributed by atoms with E-state index in [4.69, 9.17) is 9.84 Å². The molecule has 0 unspecified atom stereocenters. The van der Waals surface area contributed by atoms with E-state index in [-0.39, 0.29) is 18.2 Å². The van der Waals surface area contributed by atoms with E-state index < -0.39 is 17.0 Å². The lowest BCUT2D eigenvalue weighted by molar-refractivity contribution is -0.384. The summed E-state index contributed by atoms with van der Waals surface area (Å²) in [6.45, 7) is 3.48. The normalized spacial score (nSPS) is 12.4. The lowest BCUT2D eigenvalue weighted by atomic mass is 10.1. The third kappa shape index (κ3) is 4.14. The Bertz CT molecular complexity index is 444. The fraction of sp³-hybridized carbons (Fsp3) is 0.417.